The number of unbranched alkanes of at least 4 members (excludes halogenated alkanes) is 2. The van der Waals surface area contributed by atoms with Crippen molar-refractivity contribution in [3.05, 3.63) is 126 Å². The van der Waals surface area contributed by atoms with E-state index in [1.54, 1.807) is 42.6 Å². The number of nitrogens with one attached hydrogen (secondary N) is 7. The molecule has 22 heteroatoms. The van der Waals surface area contributed by atoms with E-state index in [-0.39, 0.29) is 62.2 Å². The molecular weight excluding hydrogens is 973 g/mol. The van der Waals surface area contributed by atoms with Crippen LogP contribution in [-0.4, -0.2) is 101 Å². The fourth-order valence-electron chi connectivity index (χ4n) is 9.15. The Bertz CT molecular complexity index is 3110. The third-order valence-corrected chi connectivity index (χ3v) is 13.1. The van der Waals surface area contributed by atoms with E-state index in [0.29, 0.717) is 55.7 Å². The number of hydrogen-bond donors (Lipinski definition) is 8. The van der Waals surface area contributed by atoms with Gasteiger partial charge in [0.05, 0.1) is 24.0 Å². The normalized spacial score (nSPS) is 14.6. The van der Waals surface area contributed by atoms with Gasteiger partial charge in [-0.25, -0.2) is 24.1 Å². The Morgan fingerprint density at radius 1 is 0.882 bits per heavy atom. The number of fused-ring (bicyclic) bond motifs is 2. The number of H-pyrrole nitrogens is 1. The number of ether oxygens (including phenoxy) is 1. The van der Waals surface area contributed by atoms with Crippen LogP contribution in [0, 0.1) is 12.8 Å². The molecule has 396 valence electrons. The first-order valence-electron chi connectivity index (χ1n) is 25.4. The first kappa shape index (κ1) is 53.3. The van der Waals surface area contributed by atoms with Crippen LogP contribution >= 0.6 is 0 Å². The number of carbonyl (C=O) groups is 7. The van der Waals surface area contributed by atoms with Gasteiger partial charge in [0.25, 0.3) is 11.8 Å². The summed E-state index contributed by atoms with van der Waals surface area (Å²) < 4.78 is 7.35. The predicted molar refractivity (Wildman–Crippen MR) is 282 cm³/mol. The van der Waals surface area contributed by atoms with Gasteiger partial charge in [0, 0.05) is 60.5 Å². The summed E-state index contributed by atoms with van der Waals surface area (Å²) in [6.07, 6.45) is 8.87. The molecule has 1 aliphatic heterocycles. The van der Waals surface area contributed by atoms with Crippen LogP contribution in [0.1, 0.15) is 93.0 Å². The lowest BCUT2D eigenvalue weighted by molar-refractivity contribution is -0.137. The van der Waals surface area contributed by atoms with Crippen LogP contribution in [-0.2, 0) is 48.3 Å². The minimum Gasteiger partial charge on any atom is -0.445 e. The number of aromatic nitrogens is 6. The minimum atomic E-state index is -1.04. The summed E-state index contributed by atoms with van der Waals surface area (Å²) in [6.45, 7) is 6.28. The van der Waals surface area contributed by atoms with Gasteiger partial charge >= 0.3 is 12.1 Å². The monoisotopic (exact) mass is 1030 g/mol. The van der Waals surface area contributed by atoms with Crippen molar-refractivity contribution in [3.8, 4) is 22.6 Å². The maximum atomic E-state index is 13.7. The molecule has 0 fully saturated rings. The second-order valence-corrected chi connectivity index (χ2v) is 19.0. The van der Waals surface area contributed by atoms with Gasteiger partial charge in [-0.1, -0.05) is 50.6 Å². The van der Waals surface area contributed by atoms with Crippen molar-refractivity contribution < 1.29 is 38.3 Å². The van der Waals surface area contributed by atoms with Gasteiger partial charge in [-0.2, -0.15) is 5.10 Å². The highest BCUT2D eigenvalue weighted by molar-refractivity contribution is 6.12. The van der Waals surface area contributed by atoms with Crippen LogP contribution in [0.4, 0.5) is 21.0 Å². The molecule has 22 nitrogen and oxygen atoms in total. The van der Waals surface area contributed by atoms with Gasteiger partial charge in [-0.15, -0.1) is 0 Å². The molecule has 8 rings (SSSR count). The number of aromatic amines is 1. The van der Waals surface area contributed by atoms with Crippen LogP contribution < -0.4 is 37.6 Å². The molecule has 1 aliphatic carbocycles. The Morgan fingerprint density at radius 2 is 1.67 bits per heavy atom. The van der Waals surface area contributed by atoms with Crippen molar-refractivity contribution in [1.82, 2.24) is 55.7 Å². The van der Waals surface area contributed by atoms with Crippen LogP contribution in [0.2, 0.25) is 0 Å². The standard InChI is InChI=1S/C54H62N14O8/c1-32(2)48(66-45(69)15-5-4-6-27-67-46(70)24-25-47(67)71)52(73)62-42(14-9-26-56-53(55)74)51(72)61-36-19-16-34(17-20-36)30-76-54(75)63-40-22-21-38-37(40)11-8-12-39(38)57-28-43-64-49(35-18-23-44-58-31-59-68(44)29-35)50(65-43)41-13-7-10-33(3)60-41/h7-8,10-13,16-20,23-25,29,31-32,40,42,48,57H,4-6,9,14-15,21-22,26-28,30H2,1-3H3,(H,61,72)(H,62,73)(H,63,75)(H,64,65)(H,66,69)(H3,55,56,74)/t40?,42-,48?/m0/s1. The summed E-state index contributed by atoms with van der Waals surface area (Å²) in [4.78, 5) is 107. The van der Waals surface area contributed by atoms with E-state index in [9.17, 15) is 33.6 Å². The van der Waals surface area contributed by atoms with Gasteiger partial charge in [-0.05, 0) is 111 Å². The number of nitrogens with two attached hydrogens (primary N) is 1. The van der Waals surface area contributed by atoms with Gasteiger partial charge in [0.1, 0.15) is 36.5 Å². The van der Waals surface area contributed by atoms with Crippen molar-refractivity contribution in [2.45, 2.75) is 103 Å². The van der Waals surface area contributed by atoms with Gasteiger partial charge in [0.15, 0.2) is 5.65 Å². The lowest BCUT2D eigenvalue weighted by Gasteiger charge is -2.25. The first-order chi connectivity index (χ1) is 36.7. The van der Waals surface area contributed by atoms with E-state index in [1.807, 2.05) is 61.7 Å². The molecule has 0 saturated carbocycles. The van der Waals surface area contributed by atoms with Crippen molar-refractivity contribution in [3.63, 3.8) is 0 Å². The molecule has 9 N–H and O–H groups in total. The molecule has 76 heavy (non-hydrogen) atoms. The topological polar surface area (TPSA) is 302 Å². The third kappa shape index (κ3) is 13.8. The number of urea groups is 1. The number of amides is 8. The summed E-state index contributed by atoms with van der Waals surface area (Å²) >= 11 is 0. The lowest BCUT2D eigenvalue weighted by Crippen LogP contribution is -2.54. The summed E-state index contributed by atoms with van der Waals surface area (Å²) in [7, 11) is 0. The molecule has 2 unspecified atom stereocenters. The zero-order chi connectivity index (χ0) is 53.7. The zero-order valence-corrected chi connectivity index (χ0v) is 42.6. The highest BCUT2D eigenvalue weighted by atomic mass is 16.5. The number of nitrogens with zero attached hydrogens (tertiary/aromatic N) is 6. The number of alkyl carbamates (subject to hydrolysis) is 1. The maximum Gasteiger partial charge on any atom is 0.407 e. The van der Waals surface area contributed by atoms with Gasteiger partial charge in [-0.3, -0.25) is 33.9 Å². The SMILES string of the molecule is Cc1cccc(-c2nc(CNc3cccc4c3CCC4NC(=O)OCc3ccc(NC(=O)[C@H](CCCNC(N)=O)NC(=O)C(NC(=O)CCCCCN4C(=O)C=CC4=O)C(C)C)cc3)[nH]c2-c2ccc3ncnn3c2)n1. The van der Waals surface area contributed by atoms with Crippen molar-refractivity contribution >= 4 is 58.7 Å². The van der Waals surface area contributed by atoms with E-state index < -0.39 is 36.0 Å². The molecule has 4 aromatic heterocycles. The minimum absolute atomic E-state index is 0.0364. The number of primary amides is 1. The average molecular weight is 1040 g/mol. The molecule has 2 aliphatic rings. The second kappa shape index (κ2) is 24.9. The number of imide groups is 1. The van der Waals surface area contributed by atoms with Crippen molar-refractivity contribution in [2.24, 2.45) is 11.7 Å². The molecule has 0 radical (unpaired) electrons. The molecule has 0 bridgehead atoms. The molecule has 0 spiro atoms. The number of anilines is 2. The van der Waals surface area contributed by atoms with Gasteiger partial charge in [0.2, 0.25) is 17.7 Å². The predicted octanol–water partition coefficient (Wildman–Crippen LogP) is 5.51. The number of benzene rings is 2. The Morgan fingerprint density at radius 3 is 2.43 bits per heavy atom. The first-order valence-corrected chi connectivity index (χ1v) is 25.4. The number of hydrogen-bond acceptors (Lipinski definition) is 13. The Kier molecular flexibility index (Phi) is 17.4. The zero-order valence-electron chi connectivity index (χ0n) is 42.6. The van der Waals surface area contributed by atoms with E-state index in [0.717, 1.165) is 62.1 Å². The van der Waals surface area contributed by atoms with Crippen molar-refractivity contribution in [1.29, 1.82) is 0 Å². The molecular formula is C54H62N14O8. The summed E-state index contributed by atoms with van der Waals surface area (Å²) in [5.41, 5.74) is 14.1. The van der Waals surface area contributed by atoms with Gasteiger partial charge < -0.3 is 47.4 Å². The summed E-state index contributed by atoms with van der Waals surface area (Å²) in [5, 5.41) is 21.8. The highest BCUT2D eigenvalue weighted by Gasteiger charge is 2.30. The highest BCUT2D eigenvalue weighted by Crippen LogP contribution is 2.36. The van der Waals surface area contributed by atoms with E-state index >= 15 is 0 Å². The number of imidazole rings is 1. The van der Waals surface area contributed by atoms with E-state index in [1.165, 1.54) is 18.5 Å². The van der Waals surface area contributed by atoms with E-state index in [2.05, 4.69) is 47.0 Å². The number of pyridine rings is 2. The fraction of sp³-hybridized carbons (Fsp3) is 0.352. The average Bonchev–Trinajstić information content (AvgIpc) is 4.23. The Labute approximate surface area is 438 Å². The third-order valence-electron chi connectivity index (χ3n) is 13.1. The van der Waals surface area contributed by atoms with Crippen LogP contribution in [0.5, 0.6) is 0 Å². The number of rotatable bonds is 24. The molecule has 8 amide bonds. The molecule has 0 saturated heterocycles. The van der Waals surface area contributed by atoms with E-state index in [4.69, 9.17) is 20.4 Å². The largest absolute Gasteiger partial charge is 0.445 e. The summed E-state index contributed by atoms with van der Waals surface area (Å²) in [5.74, 6) is -1.76. The van der Waals surface area contributed by atoms with Crippen LogP contribution in [0.25, 0.3) is 28.3 Å². The molecule has 3 atom stereocenters. The molecule has 5 heterocycles. The maximum absolute atomic E-state index is 13.7. The molecule has 6 aromatic rings. The van der Waals surface area contributed by atoms with Crippen LogP contribution in [0.3, 0.4) is 0 Å². The quantitative estimate of drug-likeness (QED) is 0.0274. The Hall–Kier alpha value is -8.95. The van der Waals surface area contributed by atoms with Crippen molar-refractivity contribution in [2.75, 3.05) is 23.7 Å². The smallest absolute Gasteiger partial charge is 0.407 e. The number of aryl methyl sites for hydroxylation is 1. The number of carbonyl (C=O) groups excluding carboxylic acids is 7. The second-order valence-electron chi connectivity index (χ2n) is 19.0. The summed E-state index contributed by atoms with van der Waals surface area (Å²) in [6, 6.07) is 19.4. The lowest BCUT2D eigenvalue weighted by atomic mass is 10.0. The fourth-order valence-corrected chi connectivity index (χ4v) is 9.15. The Balaban J connectivity index is 0.818. The van der Waals surface area contributed by atoms with Crippen LogP contribution in [0.15, 0.2) is 97.5 Å². The molecule has 2 aromatic carbocycles.